The highest BCUT2D eigenvalue weighted by Crippen LogP contribution is 2.18. The topological polar surface area (TPSA) is 29.3 Å². The third-order valence-electron chi connectivity index (χ3n) is 2.31. The van der Waals surface area contributed by atoms with Crippen LogP contribution in [0.5, 0.6) is 0 Å². The molecule has 0 amide bonds. The molecule has 0 radical (unpaired) electrons. The average molecular weight is 142 g/mol. The molecule has 2 nitrogen and oxygen atoms in total. The Morgan fingerprint density at radius 2 is 2.40 bits per heavy atom. The molecule has 0 unspecified atom stereocenters. The predicted octanol–water partition coefficient (Wildman–Crippen LogP) is 0.677. The number of likely N-dealkylation sites (tertiary alicyclic amines) is 1. The summed E-state index contributed by atoms with van der Waals surface area (Å²) in [5, 5.41) is 0. The summed E-state index contributed by atoms with van der Waals surface area (Å²) in [6, 6.07) is 0. The van der Waals surface area contributed by atoms with E-state index in [9.17, 15) is 0 Å². The highest BCUT2D eigenvalue weighted by Gasteiger charge is 2.17. The molecule has 2 heteroatoms. The van der Waals surface area contributed by atoms with Crippen LogP contribution in [0.2, 0.25) is 0 Å². The van der Waals surface area contributed by atoms with Crippen LogP contribution >= 0.6 is 0 Å². The van der Waals surface area contributed by atoms with Crippen LogP contribution in [0.3, 0.4) is 0 Å². The van der Waals surface area contributed by atoms with E-state index in [2.05, 4.69) is 11.9 Å². The van der Waals surface area contributed by atoms with Gasteiger partial charge in [-0.15, -0.1) is 0 Å². The van der Waals surface area contributed by atoms with Gasteiger partial charge in [0.25, 0.3) is 0 Å². The van der Waals surface area contributed by atoms with Crippen molar-refractivity contribution in [3.8, 4) is 0 Å². The lowest BCUT2D eigenvalue weighted by molar-refractivity contribution is 0.385. The summed E-state index contributed by atoms with van der Waals surface area (Å²) in [5.74, 6) is 0.938. The van der Waals surface area contributed by atoms with Crippen molar-refractivity contribution in [3.63, 3.8) is 0 Å². The minimum atomic E-state index is 0.861. The van der Waals surface area contributed by atoms with E-state index in [1.54, 1.807) is 0 Å². The maximum absolute atomic E-state index is 5.43. The van der Waals surface area contributed by atoms with E-state index in [0.29, 0.717) is 0 Å². The molecule has 0 aromatic heterocycles. The summed E-state index contributed by atoms with van der Waals surface area (Å²) in [7, 11) is 2.20. The van der Waals surface area contributed by atoms with Crippen LogP contribution in [-0.2, 0) is 0 Å². The first-order chi connectivity index (χ1) is 4.83. The Bertz CT molecular complexity index is 93.3. The summed E-state index contributed by atoms with van der Waals surface area (Å²) in [4.78, 5) is 2.40. The fraction of sp³-hybridized carbons (Fsp3) is 1.00. The summed E-state index contributed by atoms with van der Waals surface area (Å²) in [5.41, 5.74) is 5.43. The lowest BCUT2D eigenvalue weighted by atomic mass is 10.0. The number of nitrogens with zero attached hydrogens (tertiary/aromatic N) is 1. The Morgan fingerprint density at radius 3 is 2.90 bits per heavy atom. The largest absolute Gasteiger partial charge is 0.330 e. The van der Waals surface area contributed by atoms with Crippen molar-refractivity contribution < 1.29 is 0 Å². The minimum Gasteiger partial charge on any atom is -0.330 e. The van der Waals surface area contributed by atoms with Crippen molar-refractivity contribution >= 4 is 0 Å². The van der Waals surface area contributed by atoms with Crippen molar-refractivity contribution in [2.45, 2.75) is 19.3 Å². The van der Waals surface area contributed by atoms with Crippen LogP contribution in [-0.4, -0.2) is 31.6 Å². The molecule has 0 spiro atoms. The molecule has 1 heterocycles. The van der Waals surface area contributed by atoms with Crippen LogP contribution in [0.4, 0.5) is 0 Å². The van der Waals surface area contributed by atoms with Crippen molar-refractivity contribution in [1.29, 1.82) is 0 Å². The molecule has 1 aliphatic rings. The number of rotatable bonds is 3. The van der Waals surface area contributed by atoms with E-state index in [0.717, 1.165) is 12.5 Å². The highest BCUT2D eigenvalue weighted by atomic mass is 15.1. The van der Waals surface area contributed by atoms with E-state index in [1.165, 1.54) is 32.4 Å². The third kappa shape index (κ3) is 2.27. The Kier molecular flexibility index (Phi) is 3.16. The number of hydrogen-bond donors (Lipinski definition) is 1. The van der Waals surface area contributed by atoms with Gasteiger partial charge in [0.05, 0.1) is 0 Å². The molecule has 10 heavy (non-hydrogen) atoms. The smallest absolute Gasteiger partial charge is 0.000709 e. The number of hydrogen-bond acceptors (Lipinski definition) is 2. The molecule has 0 aliphatic carbocycles. The average Bonchev–Trinajstić information content (AvgIpc) is 2.31. The third-order valence-corrected chi connectivity index (χ3v) is 2.31. The Balaban J connectivity index is 2.06. The van der Waals surface area contributed by atoms with Crippen molar-refractivity contribution in [1.82, 2.24) is 4.90 Å². The van der Waals surface area contributed by atoms with Gasteiger partial charge in [0.15, 0.2) is 0 Å². The first-order valence-corrected chi connectivity index (χ1v) is 4.21. The number of nitrogens with two attached hydrogens (primary N) is 1. The molecule has 0 aromatic rings. The molecule has 0 bridgehead atoms. The van der Waals surface area contributed by atoms with Gasteiger partial charge in [0.1, 0.15) is 0 Å². The van der Waals surface area contributed by atoms with Gasteiger partial charge in [-0.05, 0) is 45.3 Å². The second-order valence-corrected chi connectivity index (χ2v) is 3.35. The van der Waals surface area contributed by atoms with Crippen LogP contribution in [0.1, 0.15) is 19.3 Å². The van der Waals surface area contributed by atoms with E-state index >= 15 is 0 Å². The second kappa shape index (κ2) is 3.94. The normalized spacial score (nSPS) is 27.6. The zero-order valence-electron chi connectivity index (χ0n) is 6.84. The first-order valence-electron chi connectivity index (χ1n) is 4.21. The Morgan fingerprint density at radius 1 is 1.60 bits per heavy atom. The summed E-state index contributed by atoms with van der Waals surface area (Å²) >= 11 is 0. The van der Waals surface area contributed by atoms with E-state index < -0.39 is 0 Å². The lowest BCUT2D eigenvalue weighted by Gasteiger charge is -2.08. The molecule has 1 atom stereocenters. The molecular formula is C8H18N2. The summed E-state index contributed by atoms with van der Waals surface area (Å²) in [6.07, 6.45) is 3.93. The maximum Gasteiger partial charge on any atom is 0.000709 e. The first kappa shape index (κ1) is 8.02. The van der Waals surface area contributed by atoms with Gasteiger partial charge in [-0.25, -0.2) is 0 Å². The summed E-state index contributed by atoms with van der Waals surface area (Å²) < 4.78 is 0. The fourth-order valence-electron chi connectivity index (χ4n) is 1.67. The van der Waals surface area contributed by atoms with Gasteiger partial charge in [-0.1, -0.05) is 0 Å². The molecule has 0 saturated carbocycles. The standard InChI is InChI=1S/C8H18N2/c1-10-6-4-8(7-10)3-2-5-9/h8H,2-7,9H2,1H3/t8-/m1/s1. The molecule has 1 aliphatic heterocycles. The van der Waals surface area contributed by atoms with Gasteiger partial charge >= 0.3 is 0 Å². The van der Waals surface area contributed by atoms with Crippen molar-refractivity contribution in [2.75, 3.05) is 26.7 Å². The van der Waals surface area contributed by atoms with E-state index in [-0.39, 0.29) is 0 Å². The Hall–Kier alpha value is -0.0800. The van der Waals surface area contributed by atoms with E-state index in [4.69, 9.17) is 5.73 Å². The molecule has 1 saturated heterocycles. The monoisotopic (exact) mass is 142 g/mol. The molecule has 1 fully saturated rings. The molecule has 2 N–H and O–H groups in total. The van der Waals surface area contributed by atoms with Gasteiger partial charge in [-0.3, -0.25) is 0 Å². The fourth-order valence-corrected chi connectivity index (χ4v) is 1.67. The van der Waals surface area contributed by atoms with Gasteiger partial charge in [-0.2, -0.15) is 0 Å². The molecule has 1 rings (SSSR count). The minimum absolute atomic E-state index is 0.861. The lowest BCUT2D eigenvalue weighted by Crippen LogP contribution is -2.14. The maximum atomic E-state index is 5.43. The zero-order valence-corrected chi connectivity index (χ0v) is 6.84. The van der Waals surface area contributed by atoms with Crippen molar-refractivity contribution in [2.24, 2.45) is 11.7 Å². The molecule has 60 valence electrons. The zero-order chi connectivity index (χ0) is 7.40. The van der Waals surface area contributed by atoms with Crippen LogP contribution in [0.25, 0.3) is 0 Å². The second-order valence-electron chi connectivity index (χ2n) is 3.35. The van der Waals surface area contributed by atoms with Crippen LogP contribution in [0, 0.1) is 5.92 Å². The Labute approximate surface area is 63.4 Å². The molecular weight excluding hydrogens is 124 g/mol. The van der Waals surface area contributed by atoms with E-state index in [1.807, 2.05) is 0 Å². The van der Waals surface area contributed by atoms with Crippen LogP contribution < -0.4 is 5.73 Å². The summed E-state index contributed by atoms with van der Waals surface area (Å²) in [6.45, 7) is 3.44. The molecule has 0 aromatic carbocycles. The quantitative estimate of drug-likeness (QED) is 0.628. The SMILES string of the molecule is CN1CC[C@@H](CCCN)C1. The van der Waals surface area contributed by atoms with Gasteiger partial charge < -0.3 is 10.6 Å². The van der Waals surface area contributed by atoms with Gasteiger partial charge in [0.2, 0.25) is 0 Å². The van der Waals surface area contributed by atoms with Gasteiger partial charge in [0, 0.05) is 6.54 Å². The highest BCUT2D eigenvalue weighted by molar-refractivity contribution is 4.72. The van der Waals surface area contributed by atoms with Crippen LogP contribution in [0.15, 0.2) is 0 Å². The van der Waals surface area contributed by atoms with Crippen molar-refractivity contribution in [3.05, 3.63) is 0 Å². The predicted molar refractivity (Wildman–Crippen MR) is 43.9 cm³/mol.